The van der Waals surface area contributed by atoms with Gasteiger partial charge in [-0.05, 0) is 26.7 Å². The molecule has 15 heavy (non-hydrogen) atoms. The van der Waals surface area contributed by atoms with Crippen LogP contribution in [0, 0.1) is 0 Å². The molecule has 1 aliphatic rings. The van der Waals surface area contributed by atoms with Crippen molar-refractivity contribution >= 4 is 5.97 Å². The summed E-state index contributed by atoms with van der Waals surface area (Å²) in [6.07, 6.45) is 2.62. The van der Waals surface area contributed by atoms with Crippen LogP contribution in [0.3, 0.4) is 0 Å². The van der Waals surface area contributed by atoms with Crippen LogP contribution >= 0.6 is 0 Å². The van der Waals surface area contributed by atoms with Gasteiger partial charge >= 0.3 is 5.97 Å². The average molecular weight is 216 g/mol. The number of carbonyl (C=O) groups is 1. The first kappa shape index (κ1) is 12.5. The zero-order chi connectivity index (χ0) is 11.1. The van der Waals surface area contributed by atoms with E-state index in [-0.39, 0.29) is 18.2 Å². The first-order valence-electron chi connectivity index (χ1n) is 5.61. The summed E-state index contributed by atoms with van der Waals surface area (Å²) < 4.78 is 15.8. The van der Waals surface area contributed by atoms with Gasteiger partial charge in [0.2, 0.25) is 0 Å². The largest absolute Gasteiger partial charge is 0.466 e. The molecule has 0 aromatic rings. The Kier molecular flexibility index (Phi) is 5.65. The average Bonchev–Trinajstić information content (AvgIpc) is 2.67. The summed E-state index contributed by atoms with van der Waals surface area (Å²) in [5.41, 5.74) is 0. The minimum absolute atomic E-state index is 0.0896. The molecule has 1 aliphatic heterocycles. The van der Waals surface area contributed by atoms with E-state index in [0.717, 1.165) is 19.4 Å². The zero-order valence-corrected chi connectivity index (χ0v) is 9.53. The molecule has 1 saturated heterocycles. The van der Waals surface area contributed by atoms with Crippen LogP contribution in [0.1, 0.15) is 33.1 Å². The first-order chi connectivity index (χ1) is 7.22. The van der Waals surface area contributed by atoms with Gasteiger partial charge in [0.25, 0.3) is 0 Å². The Labute approximate surface area is 90.9 Å². The van der Waals surface area contributed by atoms with Crippen LogP contribution < -0.4 is 0 Å². The van der Waals surface area contributed by atoms with Crippen LogP contribution in [0.5, 0.6) is 0 Å². The first-order valence-corrected chi connectivity index (χ1v) is 5.61. The maximum absolute atomic E-state index is 11.1. The second-order valence-corrected chi connectivity index (χ2v) is 3.79. The Bertz CT molecular complexity index is 187. The highest BCUT2D eigenvalue weighted by Gasteiger charge is 2.18. The van der Waals surface area contributed by atoms with E-state index in [9.17, 15) is 4.79 Å². The lowest BCUT2D eigenvalue weighted by atomic mass is 10.2. The van der Waals surface area contributed by atoms with Gasteiger partial charge in [-0.15, -0.1) is 0 Å². The maximum Gasteiger partial charge on any atom is 0.308 e. The van der Waals surface area contributed by atoms with Gasteiger partial charge in [0.05, 0.1) is 31.8 Å². The number of hydrogen-bond donors (Lipinski definition) is 0. The molecule has 0 aliphatic carbocycles. The third-order valence-electron chi connectivity index (χ3n) is 2.35. The smallest absolute Gasteiger partial charge is 0.308 e. The number of rotatable bonds is 6. The fourth-order valence-electron chi connectivity index (χ4n) is 1.56. The summed E-state index contributed by atoms with van der Waals surface area (Å²) >= 11 is 0. The van der Waals surface area contributed by atoms with Gasteiger partial charge in [0, 0.05) is 6.61 Å². The second-order valence-electron chi connectivity index (χ2n) is 3.79. The predicted molar refractivity (Wildman–Crippen MR) is 55.6 cm³/mol. The van der Waals surface area contributed by atoms with Gasteiger partial charge in [-0.2, -0.15) is 0 Å². The van der Waals surface area contributed by atoms with Crippen molar-refractivity contribution in [1.82, 2.24) is 0 Å². The lowest BCUT2D eigenvalue weighted by molar-refractivity contribution is -0.146. The highest BCUT2D eigenvalue weighted by molar-refractivity contribution is 5.69. The van der Waals surface area contributed by atoms with E-state index >= 15 is 0 Å². The van der Waals surface area contributed by atoms with Crippen molar-refractivity contribution in [2.24, 2.45) is 0 Å². The fourth-order valence-corrected chi connectivity index (χ4v) is 1.56. The molecule has 0 N–H and O–H groups in total. The molecule has 0 radical (unpaired) electrons. The molecule has 4 nitrogen and oxygen atoms in total. The van der Waals surface area contributed by atoms with Crippen molar-refractivity contribution in [1.29, 1.82) is 0 Å². The van der Waals surface area contributed by atoms with Crippen LogP contribution in [-0.4, -0.2) is 38.0 Å². The maximum atomic E-state index is 11.1. The van der Waals surface area contributed by atoms with E-state index < -0.39 is 0 Å². The van der Waals surface area contributed by atoms with Crippen molar-refractivity contribution in [2.45, 2.75) is 45.3 Å². The molecular weight excluding hydrogens is 196 g/mol. The SMILES string of the molecule is CCOC(=O)CC(C)OCC1CCCO1. The normalized spacial score (nSPS) is 22.7. The minimum Gasteiger partial charge on any atom is -0.466 e. The lowest BCUT2D eigenvalue weighted by Gasteiger charge is -2.15. The van der Waals surface area contributed by atoms with Crippen molar-refractivity contribution in [3.05, 3.63) is 0 Å². The number of esters is 1. The molecule has 2 atom stereocenters. The van der Waals surface area contributed by atoms with Gasteiger partial charge < -0.3 is 14.2 Å². The summed E-state index contributed by atoms with van der Waals surface area (Å²) in [5, 5.41) is 0. The van der Waals surface area contributed by atoms with Crippen molar-refractivity contribution in [3.63, 3.8) is 0 Å². The fraction of sp³-hybridized carbons (Fsp3) is 0.909. The predicted octanol–water partition coefficient (Wildman–Crippen LogP) is 1.52. The Hall–Kier alpha value is -0.610. The second kappa shape index (κ2) is 6.80. The standard InChI is InChI=1S/C11H20O4/c1-3-13-11(12)7-9(2)15-8-10-5-4-6-14-10/h9-10H,3-8H2,1-2H3. The summed E-state index contributed by atoms with van der Waals surface area (Å²) in [6.45, 7) is 5.53. The molecule has 88 valence electrons. The summed E-state index contributed by atoms with van der Waals surface area (Å²) in [7, 11) is 0. The molecular formula is C11H20O4. The molecule has 4 heteroatoms. The number of carbonyl (C=O) groups excluding carboxylic acids is 1. The van der Waals surface area contributed by atoms with Crippen molar-refractivity contribution in [2.75, 3.05) is 19.8 Å². The van der Waals surface area contributed by atoms with Crippen LogP contribution in [0.15, 0.2) is 0 Å². The van der Waals surface area contributed by atoms with Crippen LogP contribution in [0.2, 0.25) is 0 Å². The Morgan fingerprint density at radius 3 is 3.00 bits per heavy atom. The molecule has 2 unspecified atom stereocenters. The van der Waals surface area contributed by atoms with Gasteiger partial charge in [-0.3, -0.25) is 4.79 Å². The molecule has 0 spiro atoms. The third kappa shape index (κ3) is 5.14. The summed E-state index contributed by atoms with van der Waals surface area (Å²) in [4.78, 5) is 11.1. The molecule has 0 amide bonds. The van der Waals surface area contributed by atoms with E-state index in [1.165, 1.54) is 0 Å². The third-order valence-corrected chi connectivity index (χ3v) is 2.35. The van der Waals surface area contributed by atoms with E-state index in [0.29, 0.717) is 19.6 Å². The van der Waals surface area contributed by atoms with Crippen molar-refractivity contribution in [3.8, 4) is 0 Å². The molecule has 1 rings (SSSR count). The van der Waals surface area contributed by atoms with E-state index in [1.54, 1.807) is 6.92 Å². The summed E-state index contributed by atoms with van der Waals surface area (Å²) in [6, 6.07) is 0. The zero-order valence-electron chi connectivity index (χ0n) is 9.53. The van der Waals surface area contributed by atoms with Crippen molar-refractivity contribution < 1.29 is 19.0 Å². The lowest BCUT2D eigenvalue weighted by Crippen LogP contribution is -2.22. The Balaban J connectivity index is 2.06. The van der Waals surface area contributed by atoms with Crippen LogP contribution in [-0.2, 0) is 19.0 Å². The molecule has 1 fully saturated rings. The van der Waals surface area contributed by atoms with E-state index in [2.05, 4.69) is 0 Å². The molecule has 0 bridgehead atoms. The Morgan fingerprint density at radius 2 is 2.40 bits per heavy atom. The van der Waals surface area contributed by atoms with Crippen LogP contribution in [0.4, 0.5) is 0 Å². The number of hydrogen-bond acceptors (Lipinski definition) is 4. The van der Waals surface area contributed by atoms with Gasteiger partial charge in [-0.1, -0.05) is 0 Å². The van der Waals surface area contributed by atoms with Gasteiger partial charge in [-0.25, -0.2) is 0 Å². The van der Waals surface area contributed by atoms with E-state index in [1.807, 2.05) is 6.92 Å². The topological polar surface area (TPSA) is 44.8 Å². The molecule has 0 aromatic carbocycles. The van der Waals surface area contributed by atoms with Gasteiger partial charge in [0.1, 0.15) is 0 Å². The Morgan fingerprint density at radius 1 is 1.60 bits per heavy atom. The number of ether oxygens (including phenoxy) is 3. The molecule has 0 aromatic heterocycles. The minimum atomic E-state index is -0.197. The highest BCUT2D eigenvalue weighted by atomic mass is 16.5. The van der Waals surface area contributed by atoms with Crippen LogP contribution in [0.25, 0.3) is 0 Å². The van der Waals surface area contributed by atoms with E-state index in [4.69, 9.17) is 14.2 Å². The monoisotopic (exact) mass is 216 g/mol. The molecule has 0 saturated carbocycles. The summed E-state index contributed by atoms with van der Waals surface area (Å²) in [5.74, 6) is -0.197. The molecule has 1 heterocycles. The highest BCUT2D eigenvalue weighted by Crippen LogP contribution is 2.13. The van der Waals surface area contributed by atoms with Gasteiger partial charge in [0.15, 0.2) is 0 Å². The quantitative estimate of drug-likeness (QED) is 0.631.